The van der Waals surface area contributed by atoms with Crippen LogP contribution in [0.5, 0.6) is 0 Å². The lowest BCUT2D eigenvalue weighted by molar-refractivity contribution is -0.156. The first-order valence-corrected chi connectivity index (χ1v) is 19.6. The third kappa shape index (κ3) is 34.6. The Hall–Kier alpha value is -2.37. The molecular weight excluding hydrogens is 716 g/mol. The summed E-state index contributed by atoms with van der Waals surface area (Å²) in [6.45, 7) is 23.5. The van der Waals surface area contributed by atoms with Gasteiger partial charge in [0.05, 0.1) is 118 Å². The molecule has 55 heavy (non-hydrogen) atoms. The maximum Gasteiger partial charge on any atom is 0.308 e. The molecule has 0 aliphatic carbocycles. The van der Waals surface area contributed by atoms with Gasteiger partial charge in [-0.3, -0.25) is 14.4 Å². The summed E-state index contributed by atoms with van der Waals surface area (Å²) in [4.78, 5) is 38.1. The van der Waals surface area contributed by atoms with Crippen molar-refractivity contribution < 1.29 is 61.8 Å². The molecule has 0 heterocycles. The van der Waals surface area contributed by atoms with Crippen LogP contribution in [0.2, 0.25) is 0 Å². The summed E-state index contributed by atoms with van der Waals surface area (Å²) in [5, 5.41) is 3.05. The molecule has 15 heteroatoms. The molecule has 0 fully saturated rings. The molecule has 0 saturated carbocycles. The number of carbonyl (C=O) groups is 3. The zero-order valence-electron chi connectivity index (χ0n) is 35.8. The number of carbonyl (C=O) groups excluding carboxylic acids is 3. The topological polar surface area (TPSA) is 182 Å². The maximum atomic E-state index is 13.4. The van der Waals surface area contributed by atoms with Gasteiger partial charge >= 0.3 is 11.9 Å². The fraction of sp³-hybridized carbons (Fsp3) is 0.875. The highest BCUT2D eigenvalue weighted by Crippen LogP contribution is 2.18. The van der Waals surface area contributed by atoms with Crippen molar-refractivity contribution in [2.75, 3.05) is 106 Å². The minimum Gasteiger partial charge on any atom is -0.493 e. The van der Waals surface area contributed by atoms with Gasteiger partial charge in [0.2, 0.25) is 5.91 Å². The summed E-state index contributed by atoms with van der Waals surface area (Å²) in [6.07, 6.45) is 3.43. The lowest BCUT2D eigenvalue weighted by Gasteiger charge is -2.34. The minimum atomic E-state index is -1.17. The monoisotopic (exact) mass is 793 g/mol. The Morgan fingerprint density at radius 2 is 0.964 bits per heavy atom. The summed E-state index contributed by atoms with van der Waals surface area (Å²) >= 11 is 0. The molecule has 0 aliphatic rings. The first-order chi connectivity index (χ1) is 25.8. The Morgan fingerprint density at radius 1 is 0.527 bits per heavy atom. The van der Waals surface area contributed by atoms with Gasteiger partial charge in [0.1, 0.15) is 16.7 Å². The highest BCUT2D eigenvalue weighted by atomic mass is 16.6. The van der Waals surface area contributed by atoms with E-state index in [1.165, 1.54) is 0 Å². The molecule has 0 spiro atoms. The third-order valence-corrected chi connectivity index (χ3v) is 6.74. The molecule has 0 rings (SSSR count). The molecule has 0 aromatic carbocycles. The largest absolute Gasteiger partial charge is 0.493 e. The fourth-order valence-corrected chi connectivity index (χ4v) is 4.47. The van der Waals surface area contributed by atoms with Crippen molar-refractivity contribution in [3.8, 4) is 0 Å². The molecule has 3 N–H and O–H groups in total. The fourth-order valence-electron chi connectivity index (χ4n) is 4.47. The van der Waals surface area contributed by atoms with Crippen molar-refractivity contribution in [2.45, 2.75) is 118 Å². The van der Waals surface area contributed by atoms with Crippen LogP contribution in [0.3, 0.4) is 0 Å². The van der Waals surface area contributed by atoms with Crippen LogP contribution in [0.4, 0.5) is 0 Å². The quantitative estimate of drug-likeness (QED) is 0.0538. The van der Waals surface area contributed by atoms with Crippen LogP contribution in [0, 0.1) is 5.41 Å². The Labute approximate surface area is 331 Å². The number of ether oxygens (including phenoxy) is 10. The van der Waals surface area contributed by atoms with Gasteiger partial charge in [-0.25, -0.2) is 0 Å². The molecule has 0 radical (unpaired) electrons. The first kappa shape index (κ1) is 52.6. The Kier molecular flexibility index (Phi) is 28.5. The molecule has 15 nitrogen and oxygen atoms in total. The molecule has 1 unspecified atom stereocenters. The van der Waals surface area contributed by atoms with E-state index >= 15 is 0 Å². The normalized spacial score (nSPS) is 13.7. The van der Waals surface area contributed by atoms with Crippen molar-refractivity contribution in [2.24, 2.45) is 11.1 Å². The van der Waals surface area contributed by atoms with Gasteiger partial charge < -0.3 is 58.4 Å². The first-order valence-electron chi connectivity index (χ1n) is 19.6. The smallest absolute Gasteiger partial charge is 0.308 e. The van der Waals surface area contributed by atoms with Crippen LogP contribution in [-0.2, 0) is 61.8 Å². The van der Waals surface area contributed by atoms with E-state index in [2.05, 4.69) is 5.32 Å². The van der Waals surface area contributed by atoms with Crippen LogP contribution in [0.1, 0.15) is 101 Å². The van der Waals surface area contributed by atoms with Gasteiger partial charge in [-0.05, 0) is 59.5 Å². The number of nitrogens with one attached hydrogen (secondary N) is 1. The van der Waals surface area contributed by atoms with Crippen LogP contribution in [-0.4, -0.2) is 140 Å². The van der Waals surface area contributed by atoms with E-state index in [1.807, 2.05) is 54.5 Å². The number of allylic oxidation sites excluding steroid dienone is 1. The summed E-state index contributed by atoms with van der Waals surface area (Å²) in [5.41, 5.74) is 3.05. The van der Waals surface area contributed by atoms with Gasteiger partial charge in [0.25, 0.3) is 0 Å². The number of hydrogen-bond donors (Lipinski definition) is 2. The number of rotatable bonds is 33. The van der Waals surface area contributed by atoms with Crippen LogP contribution < -0.4 is 11.1 Å². The number of hydrogen-bond acceptors (Lipinski definition) is 14. The maximum absolute atomic E-state index is 13.4. The van der Waals surface area contributed by atoms with Crippen molar-refractivity contribution in [3.05, 3.63) is 11.8 Å². The SMILES string of the molecule is CC/C=C(\CCOCC(COCCC(=O)OCC(C)(C)C)(COCCC(=O)OC(C)(C)C)NC(=O)CCOCCOCCOCCOCCN)OC(C)(C)C. The second-order valence-electron chi connectivity index (χ2n) is 16.3. The Bertz CT molecular complexity index is 1050. The lowest BCUT2D eigenvalue weighted by atomic mass is 9.99. The average molecular weight is 793 g/mol. The van der Waals surface area contributed by atoms with E-state index in [-0.39, 0.29) is 88.4 Å². The predicted octanol–water partition coefficient (Wildman–Crippen LogP) is 4.52. The number of esters is 2. The molecule has 1 amide bonds. The van der Waals surface area contributed by atoms with Gasteiger partial charge in [-0.15, -0.1) is 0 Å². The Balaban J connectivity index is 5.52. The highest BCUT2D eigenvalue weighted by molar-refractivity contribution is 5.77. The minimum absolute atomic E-state index is 0.0171. The highest BCUT2D eigenvalue weighted by Gasteiger charge is 2.34. The van der Waals surface area contributed by atoms with Gasteiger partial charge in [-0.1, -0.05) is 27.7 Å². The van der Waals surface area contributed by atoms with Crippen molar-refractivity contribution in [3.63, 3.8) is 0 Å². The van der Waals surface area contributed by atoms with E-state index in [4.69, 9.17) is 53.1 Å². The molecule has 0 aromatic rings. The standard InChI is InChI=1S/C40H76N2O13/c1-11-12-33(54-38(5,6)7)13-18-50-30-40(32-52-21-16-36(45)55-39(8,9)10,31-51-20-15-35(44)53-29-37(2,3)4)42-34(43)14-19-46-23-25-48-27-28-49-26-24-47-22-17-41/h12H,11,13-32,41H2,1-10H3,(H,42,43)/b33-12+. The van der Waals surface area contributed by atoms with Crippen LogP contribution in [0.25, 0.3) is 0 Å². The van der Waals surface area contributed by atoms with Crippen molar-refractivity contribution in [1.82, 2.24) is 5.32 Å². The van der Waals surface area contributed by atoms with Gasteiger partial charge in [-0.2, -0.15) is 0 Å². The van der Waals surface area contributed by atoms with Crippen molar-refractivity contribution >= 4 is 17.8 Å². The zero-order valence-corrected chi connectivity index (χ0v) is 35.8. The van der Waals surface area contributed by atoms with E-state index in [9.17, 15) is 14.4 Å². The van der Waals surface area contributed by atoms with E-state index < -0.39 is 17.1 Å². The molecule has 0 bridgehead atoms. The van der Waals surface area contributed by atoms with Crippen molar-refractivity contribution in [1.29, 1.82) is 0 Å². The molecule has 0 aliphatic heterocycles. The average Bonchev–Trinajstić information content (AvgIpc) is 3.06. The molecule has 1 atom stereocenters. The number of nitrogens with two attached hydrogens (primary N) is 1. The summed E-state index contributed by atoms with van der Waals surface area (Å²) in [7, 11) is 0. The molecule has 0 saturated heterocycles. The summed E-state index contributed by atoms with van der Waals surface area (Å²) in [6, 6.07) is 0. The second-order valence-corrected chi connectivity index (χ2v) is 16.3. The number of amides is 1. The lowest BCUT2D eigenvalue weighted by Crippen LogP contribution is -2.59. The summed E-state index contributed by atoms with van der Waals surface area (Å²) < 4.78 is 56.8. The van der Waals surface area contributed by atoms with Gasteiger partial charge in [0.15, 0.2) is 0 Å². The van der Waals surface area contributed by atoms with E-state index in [0.717, 1.165) is 12.2 Å². The molecular formula is C40H76N2O13. The predicted molar refractivity (Wildman–Crippen MR) is 210 cm³/mol. The van der Waals surface area contributed by atoms with E-state index in [0.29, 0.717) is 65.8 Å². The van der Waals surface area contributed by atoms with Crippen LogP contribution >= 0.6 is 0 Å². The van der Waals surface area contributed by atoms with E-state index in [1.54, 1.807) is 20.8 Å². The third-order valence-electron chi connectivity index (χ3n) is 6.74. The zero-order chi connectivity index (χ0) is 41.6. The second kappa shape index (κ2) is 29.8. The van der Waals surface area contributed by atoms with Crippen LogP contribution in [0.15, 0.2) is 11.8 Å². The molecule has 324 valence electrons. The van der Waals surface area contributed by atoms with Gasteiger partial charge in [0, 0.05) is 19.4 Å². The Morgan fingerprint density at radius 3 is 1.42 bits per heavy atom. The molecule has 0 aromatic heterocycles. The summed E-state index contributed by atoms with van der Waals surface area (Å²) in [5.74, 6) is -0.296.